The number of nitrogens with two attached hydrogens (primary N) is 1. The summed E-state index contributed by atoms with van der Waals surface area (Å²) in [7, 11) is 0. The molecular formula is C42H70N10O14. The van der Waals surface area contributed by atoms with E-state index in [0.29, 0.717) is 25.7 Å². The van der Waals surface area contributed by atoms with Crippen molar-refractivity contribution in [1.82, 2.24) is 46.6 Å². The van der Waals surface area contributed by atoms with Crippen LogP contribution in [0.4, 0.5) is 0 Å². The van der Waals surface area contributed by atoms with Gasteiger partial charge in [0.05, 0.1) is 25.9 Å². The Balaban J connectivity index is 1.56. The maximum Gasteiger partial charge on any atom is 0.326 e. The predicted octanol–water partition coefficient (Wildman–Crippen LogP) is -4.61. The Morgan fingerprint density at radius 1 is 0.561 bits per heavy atom. The number of rotatable bonds is 23. The first-order valence-corrected chi connectivity index (χ1v) is 22.6. The molecule has 0 radical (unpaired) electrons. The number of hydrogen-bond acceptors (Lipinski definition) is 14. The minimum absolute atomic E-state index is 0.0678. The molecule has 9 amide bonds. The van der Waals surface area contributed by atoms with Gasteiger partial charge in [-0.15, -0.1) is 0 Å². The molecule has 372 valence electrons. The van der Waals surface area contributed by atoms with Crippen molar-refractivity contribution < 1.29 is 68.4 Å². The number of carbonyl (C=O) groups is 10. The van der Waals surface area contributed by atoms with Gasteiger partial charge in [0.2, 0.25) is 53.2 Å². The second-order valence-electron chi connectivity index (χ2n) is 18.0. The number of carboxylic acid groups (broad SMARTS) is 1. The smallest absolute Gasteiger partial charge is 0.326 e. The van der Waals surface area contributed by atoms with Crippen LogP contribution < -0.4 is 37.6 Å². The van der Waals surface area contributed by atoms with Crippen molar-refractivity contribution in [2.24, 2.45) is 17.6 Å². The SMILES string of the molecule is CC(C)C[C@H](NC(=O)[C@@H]1CCCN1C(=O)[C@@H](N)[C@@H](C)O)C(=O)NCC(=O)N1CCC[C@H]1C(=O)N[C@@H](C)C(=O)N[C@@H](CO)C(=O)N[C@@H](CO)C(=O)N[C@@H](CC(C)C)C(=O)N1CCC[C@H]1C(=O)O. The van der Waals surface area contributed by atoms with Crippen molar-refractivity contribution in [2.45, 2.75) is 153 Å². The first-order chi connectivity index (χ1) is 31.0. The highest BCUT2D eigenvalue weighted by molar-refractivity contribution is 5.98. The van der Waals surface area contributed by atoms with E-state index in [1.165, 1.54) is 28.5 Å². The fourth-order valence-corrected chi connectivity index (χ4v) is 8.18. The van der Waals surface area contributed by atoms with Crippen molar-refractivity contribution in [3.8, 4) is 0 Å². The lowest BCUT2D eigenvalue weighted by Gasteiger charge is -2.29. The summed E-state index contributed by atoms with van der Waals surface area (Å²) in [6, 6.07) is -11.1. The Bertz CT molecular complexity index is 1780. The fourth-order valence-electron chi connectivity index (χ4n) is 8.18. The van der Waals surface area contributed by atoms with E-state index in [9.17, 15) is 68.4 Å². The molecule has 0 aliphatic carbocycles. The van der Waals surface area contributed by atoms with Crippen LogP contribution in [0, 0.1) is 11.8 Å². The predicted molar refractivity (Wildman–Crippen MR) is 233 cm³/mol. The van der Waals surface area contributed by atoms with Crippen molar-refractivity contribution in [3.63, 3.8) is 0 Å². The Hall–Kier alpha value is -5.46. The van der Waals surface area contributed by atoms with Crippen LogP contribution in [-0.2, 0) is 47.9 Å². The highest BCUT2D eigenvalue weighted by atomic mass is 16.4. The molecule has 12 N–H and O–H groups in total. The second-order valence-corrected chi connectivity index (χ2v) is 18.0. The quantitative estimate of drug-likeness (QED) is 0.0459. The molecule has 0 aromatic carbocycles. The van der Waals surface area contributed by atoms with Crippen LogP contribution >= 0.6 is 0 Å². The average Bonchev–Trinajstić information content (AvgIpc) is 4.06. The zero-order valence-electron chi connectivity index (χ0n) is 38.6. The van der Waals surface area contributed by atoms with Crippen LogP contribution in [0.1, 0.15) is 92.9 Å². The third kappa shape index (κ3) is 15.0. The standard InChI is InChI=1S/C42H70N10O14/c1-21(2)16-25(46-39(62)30-11-8-14-51(30)41(64)33(43)24(6)55)35(58)44-18-32(56)50-13-7-10-29(50)38(61)45-23(5)34(57)48-27(19-53)37(60)49-28(20-54)36(59)47-26(17-22(3)4)40(63)52-15-9-12-31(52)42(65)66/h21-31,33,53-55H,7-20,43H2,1-6H3,(H,44,58)(H,45,61)(H,46,62)(H,47,59)(H,48,57)(H,49,60)(H,65,66)/t23-,24+,25-,26-,27-,28-,29-,30-,31-,33-/m0/s1. The van der Waals surface area contributed by atoms with Crippen LogP contribution in [0.5, 0.6) is 0 Å². The van der Waals surface area contributed by atoms with Gasteiger partial charge in [0, 0.05) is 19.6 Å². The number of carboxylic acids is 1. The Kier molecular flexibility index (Phi) is 21.2. The van der Waals surface area contributed by atoms with Crippen molar-refractivity contribution in [2.75, 3.05) is 39.4 Å². The Labute approximate surface area is 383 Å². The molecule has 0 bridgehead atoms. The molecule has 0 aromatic heterocycles. The van der Waals surface area contributed by atoms with Gasteiger partial charge in [-0.05, 0) is 77.0 Å². The Morgan fingerprint density at radius 2 is 1.00 bits per heavy atom. The molecular weight excluding hydrogens is 869 g/mol. The third-order valence-electron chi connectivity index (χ3n) is 11.8. The third-order valence-corrected chi connectivity index (χ3v) is 11.8. The van der Waals surface area contributed by atoms with Crippen LogP contribution in [-0.4, -0.2) is 194 Å². The van der Waals surface area contributed by atoms with E-state index in [4.69, 9.17) is 5.73 Å². The normalized spacial score (nSPS) is 21.5. The van der Waals surface area contributed by atoms with Crippen LogP contribution in [0.3, 0.4) is 0 Å². The van der Waals surface area contributed by atoms with Gasteiger partial charge in [-0.1, -0.05) is 27.7 Å². The van der Waals surface area contributed by atoms with E-state index >= 15 is 0 Å². The highest BCUT2D eigenvalue weighted by Crippen LogP contribution is 2.22. The van der Waals surface area contributed by atoms with Gasteiger partial charge in [-0.2, -0.15) is 0 Å². The molecule has 0 saturated carbocycles. The molecule has 3 heterocycles. The number of aliphatic hydroxyl groups is 3. The summed E-state index contributed by atoms with van der Waals surface area (Å²) < 4.78 is 0. The van der Waals surface area contributed by atoms with Gasteiger partial charge < -0.3 is 72.8 Å². The zero-order valence-corrected chi connectivity index (χ0v) is 38.6. The summed E-state index contributed by atoms with van der Waals surface area (Å²) in [4.78, 5) is 135. The molecule has 3 aliphatic rings. The molecule has 3 fully saturated rings. The largest absolute Gasteiger partial charge is 0.480 e. The maximum absolute atomic E-state index is 13.4. The first-order valence-electron chi connectivity index (χ1n) is 22.6. The molecule has 0 aromatic rings. The molecule has 24 heteroatoms. The lowest BCUT2D eigenvalue weighted by molar-refractivity contribution is -0.149. The molecule has 24 nitrogen and oxygen atoms in total. The first kappa shape index (κ1) is 54.9. The number of carbonyl (C=O) groups excluding carboxylic acids is 9. The minimum Gasteiger partial charge on any atom is -0.480 e. The number of aliphatic hydroxyl groups excluding tert-OH is 3. The van der Waals surface area contributed by atoms with Gasteiger partial charge in [0.15, 0.2) is 0 Å². The van der Waals surface area contributed by atoms with E-state index < -0.39 is 139 Å². The number of nitrogens with one attached hydrogen (secondary N) is 6. The number of amides is 9. The van der Waals surface area contributed by atoms with E-state index in [2.05, 4.69) is 31.9 Å². The van der Waals surface area contributed by atoms with Gasteiger partial charge in [-0.3, -0.25) is 43.2 Å². The number of likely N-dealkylation sites (tertiary alicyclic amines) is 3. The van der Waals surface area contributed by atoms with Gasteiger partial charge in [0.25, 0.3) is 0 Å². The van der Waals surface area contributed by atoms with Gasteiger partial charge in [-0.25, -0.2) is 4.79 Å². The van der Waals surface area contributed by atoms with E-state index in [0.717, 1.165) is 0 Å². The number of hydrogen-bond donors (Lipinski definition) is 11. The topological polar surface area (TPSA) is 360 Å². The molecule has 0 unspecified atom stereocenters. The van der Waals surface area contributed by atoms with E-state index in [-0.39, 0.29) is 57.2 Å². The molecule has 0 spiro atoms. The molecule has 3 aliphatic heterocycles. The summed E-state index contributed by atoms with van der Waals surface area (Å²) in [5.74, 6) is -8.17. The van der Waals surface area contributed by atoms with E-state index in [1.807, 2.05) is 13.8 Å². The summed E-state index contributed by atoms with van der Waals surface area (Å²) >= 11 is 0. The van der Waals surface area contributed by atoms with Gasteiger partial charge >= 0.3 is 5.97 Å². The lowest BCUT2D eigenvalue weighted by atomic mass is 10.0. The maximum atomic E-state index is 13.4. The van der Waals surface area contributed by atoms with Crippen molar-refractivity contribution in [1.29, 1.82) is 0 Å². The summed E-state index contributed by atoms with van der Waals surface area (Å²) in [6.07, 6.45) is 1.35. The van der Waals surface area contributed by atoms with Crippen molar-refractivity contribution >= 4 is 59.1 Å². The summed E-state index contributed by atoms with van der Waals surface area (Å²) in [5, 5.41) is 54.0. The molecule has 3 saturated heterocycles. The van der Waals surface area contributed by atoms with Crippen molar-refractivity contribution in [3.05, 3.63) is 0 Å². The summed E-state index contributed by atoms with van der Waals surface area (Å²) in [6.45, 7) is 8.03. The fraction of sp³-hybridized carbons (Fsp3) is 0.762. The number of aliphatic carboxylic acids is 1. The number of nitrogens with zero attached hydrogens (tertiary/aromatic N) is 3. The minimum atomic E-state index is -1.67. The Morgan fingerprint density at radius 3 is 1.50 bits per heavy atom. The average molecular weight is 939 g/mol. The lowest BCUT2D eigenvalue weighted by Crippen LogP contribution is -2.60. The summed E-state index contributed by atoms with van der Waals surface area (Å²) in [5.41, 5.74) is 5.83. The van der Waals surface area contributed by atoms with E-state index in [1.54, 1.807) is 13.8 Å². The molecule has 3 rings (SSSR count). The van der Waals surface area contributed by atoms with Gasteiger partial charge in [0.1, 0.15) is 54.4 Å². The molecule has 10 atom stereocenters. The van der Waals surface area contributed by atoms with Crippen LogP contribution in [0.25, 0.3) is 0 Å². The van der Waals surface area contributed by atoms with Crippen LogP contribution in [0.15, 0.2) is 0 Å². The second kappa shape index (κ2) is 25.4. The van der Waals surface area contributed by atoms with Crippen LogP contribution in [0.2, 0.25) is 0 Å². The monoisotopic (exact) mass is 939 g/mol. The molecule has 66 heavy (non-hydrogen) atoms. The highest BCUT2D eigenvalue weighted by Gasteiger charge is 2.41. The zero-order chi connectivity index (χ0) is 49.6.